The first kappa shape index (κ1) is 20.6. The summed E-state index contributed by atoms with van der Waals surface area (Å²) in [4.78, 5) is 26.6. The molecule has 1 fully saturated rings. The van der Waals surface area contributed by atoms with Crippen molar-refractivity contribution in [3.63, 3.8) is 0 Å². The Hall–Kier alpha value is -2.08. The number of nitrogens with two attached hydrogens (primary N) is 1. The van der Waals surface area contributed by atoms with E-state index in [0.717, 1.165) is 17.5 Å². The minimum atomic E-state index is -0.711. The quantitative estimate of drug-likeness (QED) is 0.757. The van der Waals surface area contributed by atoms with Crippen LogP contribution in [0.25, 0.3) is 0 Å². The lowest BCUT2D eigenvalue weighted by molar-refractivity contribution is -0.166. The molecular weight excluding hydrogens is 399 g/mol. The Morgan fingerprint density at radius 1 is 1.11 bits per heavy atom. The molecule has 0 aliphatic carbocycles. The van der Waals surface area contributed by atoms with Crippen LogP contribution in [0.15, 0.2) is 48.5 Å². The lowest BCUT2D eigenvalue weighted by Crippen LogP contribution is -2.55. The van der Waals surface area contributed by atoms with Gasteiger partial charge in [-0.05, 0) is 41.8 Å². The van der Waals surface area contributed by atoms with E-state index in [9.17, 15) is 9.59 Å². The fourth-order valence-electron chi connectivity index (χ4n) is 3.61. The van der Waals surface area contributed by atoms with Crippen molar-refractivity contribution in [1.29, 1.82) is 0 Å². The molecule has 1 aliphatic heterocycles. The highest BCUT2D eigenvalue weighted by atomic mass is 35.5. The number of primary amides is 1. The molecule has 2 N–H and O–H groups in total. The van der Waals surface area contributed by atoms with Crippen LogP contribution < -0.4 is 5.73 Å². The van der Waals surface area contributed by atoms with Crippen LogP contribution >= 0.6 is 23.2 Å². The molecule has 148 valence electrons. The minimum absolute atomic E-state index is 0.120. The molecule has 1 saturated heterocycles. The van der Waals surface area contributed by atoms with Gasteiger partial charge in [-0.2, -0.15) is 0 Å². The second kappa shape index (κ2) is 8.95. The number of morpholine rings is 1. The number of ether oxygens (including phenoxy) is 1. The van der Waals surface area contributed by atoms with Crippen molar-refractivity contribution in [3.05, 3.63) is 69.7 Å². The smallest absolute Gasteiger partial charge is 0.249 e. The number of hydrogen-bond acceptors (Lipinski definition) is 3. The molecule has 1 heterocycles. The molecule has 0 aromatic heterocycles. The Labute approximate surface area is 174 Å². The Morgan fingerprint density at radius 2 is 1.64 bits per heavy atom. The average molecular weight is 421 g/mol. The fraction of sp³-hybridized carbons (Fsp3) is 0.333. The number of hydrogen-bond donors (Lipinski definition) is 1. The zero-order valence-electron chi connectivity index (χ0n) is 15.5. The number of carbonyl (C=O) groups is 2. The van der Waals surface area contributed by atoms with Crippen molar-refractivity contribution < 1.29 is 14.3 Å². The number of carbonyl (C=O) groups excluding carboxylic acids is 2. The van der Waals surface area contributed by atoms with Crippen LogP contribution in [-0.4, -0.2) is 29.4 Å². The maximum atomic E-state index is 12.8. The molecule has 3 rings (SSSR count). The molecule has 2 aromatic rings. The van der Waals surface area contributed by atoms with Crippen LogP contribution in [0.3, 0.4) is 0 Å². The fourth-order valence-corrected chi connectivity index (χ4v) is 3.87. The van der Waals surface area contributed by atoms with Crippen LogP contribution in [0.2, 0.25) is 10.0 Å². The van der Waals surface area contributed by atoms with Crippen molar-refractivity contribution in [2.75, 3.05) is 6.61 Å². The topological polar surface area (TPSA) is 72.6 Å². The molecular formula is C21H22Cl2N2O3. The van der Waals surface area contributed by atoms with Crippen LogP contribution in [0.1, 0.15) is 43.0 Å². The minimum Gasteiger partial charge on any atom is -0.368 e. The number of rotatable bonds is 6. The van der Waals surface area contributed by atoms with Gasteiger partial charge in [0.05, 0.1) is 6.04 Å². The monoisotopic (exact) mass is 420 g/mol. The van der Waals surface area contributed by atoms with Crippen LogP contribution in [0.5, 0.6) is 0 Å². The van der Waals surface area contributed by atoms with Crippen LogP contribution in [0, 0.1) is 0 Å². The van der Waals surface area contributed by atoms with Gasteiger partial charge in [0.15, 0.2) is 0 Å². The van der Waals surface area contributed by atoms with Gasteiger partial charge in [-0.25, -0.2) is 0 Å². The third-order valence-electron chi connectivity index (χ3n) is 4.90. The van der Waals surface area contributed by atoms with Gasteiger partial charge in [0, 0.05) is 10.0 Å². The van der Waals surface area contributed by atoms with E-state index in [1.54, 1.807) is 29.2 Å². The SMILES string of the molecule is CCC[C@@H](C(N)=O)N1C(=O)CO[C@H](c2ccc(Cl)cc2)[C@@H]1c1ccc(Cl)cc1. The molecule has 0 radical (unpaired) electrons. The summed E-state index contributed by atoms with van der Waals surface area (Å²) in [6.07, 6.45) is 0.741. The second-order valence-corrected chi connectivity index (χ2v) is 7.66. The number of nitrogens with zero attached hydrogens (tertiary/aromatic N) is 1. The van der Waals surface area contributed by atoms with Gasteiger partial charge in [0.2, 0.25) is 11.8 Å². The van der Waals surface area contributed by atoms with Crippen molar-refractivity contribution in [3.8, 4) is 0 Å². The predicted octanol–water partition coefficient (Wildman–Crippen LogP) is 4.29. The number of amides is 2. The Morgan fingerprint density at radius 3 is 2.14 bits per heavy atom. The van der Waals surface area contributed by atoms with Gasteiger partial charge in [-0.3, -0.25) is 9.59 Å². The summed E-state index contributed by atoms with van der Waals surface area (Å²) >= 11 is 12.1. The van der Waals surface area contributed by atoms with E-state index in [1.807, 2.05) is 31.2 Å². The van der Waals surface area contributed by atoms with E-state index in [0.29, 0.717) is 16.5 Å². The molecule has 5 nitrogen and oxygen atoms in total. The molecule has 3 atom stereocenters. The second-order valence-electron chi connectivity index (χ2n) is 6.79. The maximum Gasteiger partial charge on any atom is 0.249 e. The largest absolute Gasteiger partial charge is 0.368 e. The zero-order valence-corrected chi connectivity index (χ0v) is 17.0. The Balaban J connectivity index is 2.11. The molecule has 0 unspecified atom stereocenters. The molecule has 2 aromatic carbocycles. The maximum absolute atomic E-state index is 12.8. The lowest BCUT2D eigenvalue weighted by Gasteiger charge is -2.44. The molecule has 7 heteroatoms. The van der Waals surface area contributed by atoms with Crippen molar-refractivity contribution in [1.82, 2.24) is 4.90 Å². The summed E-state index contributed by atoms with van der Waals surface area (Å²) in [6.45, 7) is 1.83. The first-order valence-electron chi connectivity index (χ1n) is 9.15. The van der Waals surface area contributed by atoms with E-state index in [4.69, 9.17) is 33.7 Å². The van der Waals surface area contributed by atoms with Gasteiger partial charge in [0.25, 0.3) is 0 Å². The average Bonchev–Trinajstić information content (AvgIpc) is 2.67. The van der Waals surface area contributed by atoms with Crippen LogP contribution in [-0.2, 0) is 14.3 Å². The van der Waals surface area contributed by atoms with Gasteiger partial charge in [-0.1, -0.05) is 60.8 Å². The van der Waals surface area contributed by atoms with Gasteiger partial charge >= 0.3 is 0 Å². The normalized spacial score (nSPS) is 20.8. The zero-order chi connectivity index (χ0) is 20.3. The summed E-state index contributed by atoms with van der Waals surface area (Å²) in [7, 11) is 0. The molecule has 28 heavy (non-hydrogen) atoms. The lowest BCUT2D eigenvalue weighted by atomic mass is 9.90. The summed E-state index contributed by atoms with van der Waals surface area (Å²) in [6, 6.07) is 13.3. The standard InChI is InChI=1S/C21H22Cl2N2O3/c1-2-3-17(21(24)27)25-18(26)12-28-20(14-6-10-16(23)11-7-14)19(25)13-4-8-15(22)9-5-13/h4-11,17,19-20H,2-3,12H2,1H3,(H2,24,27)/t17-,19-,20+/m0/s1. The molecule has 0 bridgehead atoms. The predicted molar refractivity (Wildman–Crippen MR) is 109 cm³/mol. The third kappa shape index (κ3) is 4.32. The summed E-state index contributed by atoms with van der Waals surface area (Å²) < 4.78 is 5.93. The van der Waals surface area contributed by atoms with Gasteiger partial charge in [-0.15, -0.1) is 0 Å². The van der Waals surface area contributed by atoms with E-state index < -0.39 is 24.1 Å². The summed E-state index contributed by atoms with van der Waals surface area (Å²) in [5, 5.41) is 1.19. The highest BCUT2D eigenvalue weighted by Gasteiger charge is 2.43. The highest BCUT2D eigenvalue weighted by molar-refractivity contribution is 6.30. The molecule has 0 spiro atoms. The molecule has 0 saturated carbocycles. The van der Waals surface area contributed by atoms with E-state index in [-0.39, 0.29) is 12.5 Å². The molecule has 1 aliphatic rings. The summed E-state index contributed by atoms with van der Waals surface area (Å²) in [5.41, 5.74) is 7.35. The molecule has 2 amide bonds. The summed E-state index contributed by atoms with van der Waals surface area (Å²) in [5.74, 6) is -0.784. The van der Waals surface area contributed by atoms with Crippen molar-refractivity contribution >= 4 is 35.0 Å². The first-order chi connectivity index (χ1) is 13.4. The highest BCUT2D eigenvalue weighted by Crippen LogP contribution is 2.42. The van der Waals surface area contributed by atoms with Gasteiger partial charge in [0.1, 0.15) is 18.8 Å². The van der Waals surface area contributed by atoms with Crippen molar-refractivity contribution in [2.24, 2.45) is 5.73 Å². The van der Waals surface area contributed by atoms with E-state index in [2.05, 4.69) is 0 Å². The van der Waals surface area contributed by atoms with E-state index >= 15 is 0 Å². The number of benzene rings is 2. The van der Waals surface area contributed by atoms with Crippen molar-refractivity contribution in [2.45, 2.75) is 38.0 Å². The van der Waals surface area contributed by atoms with E-state index in [1.165, 1.54) is 0 Å². The van der Waals surface area contributed by atoms with Crippen LogP contribution in [0.4, 0.5) is 0 Å². The Bertz CT molecular complexity index is 840. The Kier molecular flexibility index (Phi) is 6.60. The third-order valence-corrected chi connectivity index (χ3v) is 5.40. The van der Waals surface area contributed by atoms with Gasteiger partial charge < -0.3 is 15.4 Å². The number of halogens is 2. The first-order valence-corrected chi connectivity index (χ1v) is 9.91.